The number of guanidine groups is 1. The van der Waals surface area contributed by atoms with Crippen molar-refractivity contribution in [2.24, 2.45) is 10.7 Å². The quantitative estimate of drug-likeness (QED) is 0.261. The van der Waals surface area contributed by atoms with Crippen LogP contribution < -0.4 is 20.5 Å². The third-order valence-electron chi connectivity index (χ3n) is 4.78. The van der Waals surface area contributed by atoms with Gasteiger partial charge in [0.25, 0.3) is 0 Å². The van der Waals surface area contributed by atoms with Gasteiger partial charge < -0.3 is 20.5 Å². The van der Waals surface area contributed by atoms with E-state index in [2.05, 4.69) is 45.9 Å². The summed E-state index contributed by atoms with van der Waals surface area (Å²) < 4.78 is 10.6. The van der Waals surface area contributed by atoms with Crippen LogP contribution in [0.4, 0.5) is 0 Å². The van der Waals surface area contributed by atoms with Crippen molar-refractivity contribution in [2.45, 2.75) is 26.3 Å². The highest BCUT2D eigenvalue weighted by molar-refractivity contribution is 14.0. The normalized spacial score (nSPS) is 12.4. The first-order valence-electron chi connectivity index (χ1n) is 9.63. The Balaban J connectivity index is 0.00000420. The minimum absolute atomic E-state index is 0. The number of halogens is 1. The van der Waals surface area contributed by atoms with Crippen LogP contribution in [-0.2, 0) is 6.42 Å². The zero-order valence-electron chi connectivity index (χ0n) is 17.7. The van der Waals surface area contributed by atoms with Crippen molar-refractivity contribution in [3.63, 3.8) is 0 Å². The molecule has 1 aromatic heterocycles. The molecule has 0 aliphatic heterocycles. The zero-order valence-corrected chi connectivity index (χ0v) is 20.8. The van der Waals surface area contributed by atoms with Gasteiger partial charge in [0.2, 0.25) is 0 Å². The molecular formula is C21H33IN4O2S. The molecule has 0 aliphatic rings. The fourth-order valence-electron chi connectivity index (χ4n) is 3.17. The molecule has 0 fully saturated rings. The Kier molecular flexibility index (Phi) is 12.0. The Morgan fingerprint density at radius 3 is 2.48 bits per heavy atom. The van der Waals surface area contributed by atoms with Crippen LogP contribution in [0.5, 0.6) is 11.5 Å². The summed E-state index contributed by atoms with van der Waals surface area (Å²) in [7, 11) is 3.28. The number of hydrogen-bond donors (Lipinski definition) is 2. The van der Waals surface area contributed by atoms with E-state index in [0.717, 1.165) is 36.6 Å². The van der Waals surface area contributed by atoms with Crippen LogP contribution in [0, 0.1) is 0 Å². The standard InChI is InChI=1S/C21H32N4O2S.HI/c1-5-25(6-2)18(17-10-12-28-15-17)14-24-21(22)23-11-9-16-7-8-19(26-3)20(13-16)27-4;/h7-8,10,12-13,15,18H,5-6,9,11,14H2,1-4H3,(H3,22,23,24);1H. The van der Waals surface area contributed by atoms with Gasteiger partial charge in [0, 0.05) is 6.54 Å². The summed E-state index contributed by atoms with van der Waals surface area (Å²) in [5, 5.41) is 7.52. The summed E-state index contributed by atoms with van der Waals surface area (Å²) in [6.07, 6.45) is 0.820. The lowest BCUT2D eigenvalue weighted by molar-refractivity contribution is 0.225. The number of methoxy groups -OCH3 is 2. The van der Waals surface area contributed by atoms with Crippen molar-refractivity contribution in [1.82, 2.24) is 10.2 Å². The van der Waals surface area contributed by atoms with Crippen LogP contribution in [-0.4, -0.2) is 51.3 Å². The average Bonchev–Trinajstić information content (AvgIpc) is 3.25. The number of aliphatic imine (C=N–C) groups is 1. The van der Waals surface area contributed by atoms with Crippen molar-refractivity contribution in [3.05, 3.63) is 46.2 Å². The monoisotopic (exact) mass is 532 g/mol. The molecule has 1 atom stereocenters. The lowest BCUT2D eigenvalue weighted by Gasteiger charge is -2.28. The third kappa shape index (κ3) is 7.67. The van der Waals surface area contributed by atoms with E-state index in [1.165, 1.54) is 5.56 Å². The van der Waals surface area contributed by atoms with Gasteiger partial charge in [-0.1, -0.05) is 19.9 Å². The molecule has 6 nitrogen and oxygen atoms in total. The van der Waals surface area contributed by atoms with E-state index in [9.17, 15) is 0 Å². The summed E-state index contributed by atoms with van der Waals surface area (Å²) in [6.45, 7) is 7.68. The van der Waals surface area contributed by atoms with Gasteiger partial charge in [-0.2, -0.15) is 11.3 Å². The number of nitrogens with one attached hydrogen (secondary N) is 1. The van der Waals surface area contributed by atoms with Crippen LogP contribution in [0.2, 0.25) is 0 Å². The summed E-state index contributed by atoms with van der Waals surface area (Å²) in [6, 6.07) is 8.36. The molecule has 1 aromatic carbocycles. The molecule has 0 spiro atoms. The highest BCUT2D eigenvalue weighted by atomic mass is 127. The van der Waals surface area contributed by atoms with Crippen LogP contribution in [0.25, 0.3) is 0 Å². The number of ether oxygens (including phenoxy) is 2. The second-order valence-electron chi connectivity index (χ2n) is 6.39. The van der Waals surface area contributed by atoms with E-state index in [-0.39, 0.29) is 30.0 Å². The molecule has 1 unspecified atom stereocenters. The Hall–Kier alpha value is -1.52. The summed E-state index contributed by atoms with van der Waals surface area (Å²) in [5.74, 6) is 1.95. The maximum Gasteiger partial charge on any atom is 0.188 e. The van der Waals surface area contributed by atoms with E-state index in [1.54, 1.807) is 25.6 Å². The first-order valence-corrected chi connectivity index (χ1v) is 10.6. The summed E-state index contributed by atoms with van der Waals surface area (Å²) >= 11 is 1.72. The van der Waals surface area contributed by atoms with Crippen LogP contribution >= 0.6 is 35.3 Å². The first-order chi connectivity index (χ1) is 13.6. The fraction of sp³-hybridized carbons (Fsp3) is 0.476. The van der Waals surface area contributed by atoms with Gasteiger partial charge in [0.15, 0.2) is 17.5 Å². The SMILES string of the molecule is CCN(CC)C(CN=C(N)NCCc1ccc(OC)c(OC)c1)c1ccsc1.I. The molecule has 0 aliphatic carbocycles. The number of hydrogen-bond acceptors (Lipinski definition) is 5. The fourth-order valence-corrected chi connectivity index (χ4v) is 3.88. The summed E-state index contributed by atoms with van der Waals surface area (Å²) in [5.41, 5.74) is 8.55. The van der Waals surface area contributed by atoms with Crippen molar-refractivity contribution < 1.29 is 9.47 Å². The molecular weight excluding hydrogens is 499 g/mol. The minimum atomic E-state index is 0. The lowest BCUT2D eigenvalue weighted by Crippen LogP contribution is -2.35. The predicted molar refractivity (Wildman–Crippen MR) is 133 cm³/mol. The zero-order chi connectivity index (χ0) is 20.4. The molecule has 2 rings (SSSR count). The molecule has 0 saturated heterocycles. The predicted octanol–water partition coefficient (Wildman–Crippen LogP) is 3.91. The molecule has 3 N–H and O–H groups in total. The molecule has 29 heavy (non-hydrogen) atoms. The van der Waals surface area contributed by atoms with Gasteiger partial charge in [-0.05, 0) is 59.6 Å². The Labute approximate surface area is 195 Å². The second-order valence-corrected chi connectivity index (χ2v) is 7.17. The van der Waals surface area contributed by atoms with Crippen LogP contribution in [0.15, 0.2) is 40.0 Å². The highest BCUT2D eigenvalue weighted by Crippen LogP contribution is 2.27. The van der Waals surface area contributed by atoms with Gasteiger partial charge in [0.1, 0.15) is 0 Å². The number of likely N-dealkylation sites (N-methyl/N-ethyl adjacent to an activating group) is 1. The number of thiophene rings is 1. The van der Waals surface area contributed by atoms with Crippen molar-refractivity contribution in [3.8, 4) is 11.5 Å². The molecule has 1 heterocycles. The Morgan fingerprint density at radius 1 is 1.17 bits per heavy atom. The lowest BCUT2D eigenvalue weighted by atomic mass is 10.1. The maximum atomic E-state index is 6.10. The van der Waals surface area contributed by atoms with Crippen LogP contribution in [0.3, 0.4) is 0 Å². The average molecular weight is 532 g/mol. The third-order valence-corrected chi connectivity index (χ3v) is 5.48. The van der Waals surface area contributed by atoms with Gasteiger partial charge in [-0.25, -0.2) is 0 Å². The Morgan fingerprint density at radius 2 is 1.90 bits per heavy atom. The molecule has 0 amide bonds. The van der Waals surface area contributed by atoms with Crippen molar-refractivity contribution >= 4 is 41.3 Å². The minimum Gasteiger partial charge on any atom is -0.493 e. The van der Waals surface area contributed by atoms with Crippen molar-refractivity contribution in [2.75, 3.05) is 40.4 Å². The van der Waals surface area contributed by atoms with Crippen molar-refractivity contribution in [1.29, 1.82) is 0 Å². The molecule has 0 radical (unpaired) electrons. The van der Waals surface area contributed by atoms with Gasteiger partial charge in [-0.3, -0.25) is 9.89 Å². The van der Waals surface area contributed by atoms with Crippen LogP contribution in [0.1, 0.15) is 31.0 Å². The first kappa shape index (κ1) is 25.5. The molecule has 0 saturated carbocycles. The van der Waals surface area contributed by atoms with E-state index < -0.39 is 0 Å². The van der Waals surface area contributed by atoms with E-state index in [4.69, 9.17) is 15.2 Å². The molecule has 8 heteroatoms. The Bertz CT molecular complexity index is 736. The summed E-state index contributed by atoms with van der Waals surface area (Å²) in [4.78, 5) is 7.00. The molecule has 0 bridgehead atoms. The van der Waals surface area contributed by atoms with Gasteiger partial charge in [0.05, 0.1) is 26.8 Å². The van der Waals surface area contributed by atoms with E-state index in [0.29, 0.717) is 19.0 Å². The van der Waals surface area contributed by atoms with E-state index in [1.807, 2.05) is 18.2 Å². The maximum absolute atomic E-state index is 6.10. The molecule has 2 aromatic rings. The van der Waals surface area contributed by atoms with Gasteiger partial charge >= 0.3 is 0 Å². The molecule has 162 valence electrons. The number of benzene rings is 1. The van der Waals surface area contributed by atoms with Gasteiger partial charge in [-0.15, -0.1) is 24.0 Å². The highest BCUT2D eigenvalue weighted by Gasteiger charge is 2.18. The second kappa shape index (κ2) is 13.7. The smallest absolute Gasteiger partial charge is 0.188 e. The number of nitrogens with two attached hydrogens (primary N) is 1. The van der Waals surface area contributed by atoms with E-state index >= 15 is 0 Å². The topological polar surface area (TPSA) is 72.1 Å². The largest absolute Gasteiger partial charge is 0.493 e. The number of nitrogens with zero attached hydrogens (tertiary/aromatic N) is 2. The number of rotatable bonds is 11.